The van der Waals surface area contributed by atoms with E-state index in [4.69, 9.17) is 4.74 Å². The third-order valence-electron chi connectivity index (χ3n) is 6.58. The molecule has 38 heavy (non-hydrogen) atoms. The first-order chi connectivity index (χ1) is 18.3. The molecule has 0 N–H and O–H groups in total. The van der Waals surface area contributed by atoms with Crippen molar-refractivity contribution in [1.82, 2.24) is 9.97 Å². The lowest BCUT2D eigenvalue weighted by atomic mass is 9.99. The number of unbranched alkanes of at least 4 members (excludes halogenated alkanes) is 4. The van der Waals surface area contributed by atoms with Crippen LogP contribution in [0.5, 0.6) is 5.75 Å². The third-order valence-corrected chi connectivity index (χ3v) is 6.58. The molecule has 200 valence electrons. The molecule has 0 aliphatic rings. The van der Waals surface area contributed by atoms with Gasteiger partial charge in [0.1, 0.15) is 11.6 Å². The van der Waals surface area contributed by atoms with E-state index in [1.54, 1.807) is 24.3 Å². The van der Waals surface area contributed by atoms with Crippen molar-refractivity contribution in [1.29, 1.82) is 0 Å². The average molecular weight is 525 g/mol. The Labute approximate surface area is 220 Å². The first-order valence-electron chi connectivity index (χ1n) is 13.1. The molecule has 0 unspecified atom stereocenters. The second kappa shape index (κ2) is 12.9. The second-order valence-corrected chi connectivity index (χ2v) is 9.60. The molecule has 0 saturated heterocycles. The normalized spacial score (nSPS) is 11.7. The summed E-state index contributed by atoms with van der Waals surface area (Å²) in [6.45, 7) is 0.884. The Balaban J connectivity index is 1.37. The topological polar surface area (TPSA) is 35.0 Å². The van der Waals surface area contributed by atoms with Crippen LogP contribution in [-0.2, 0) is 19.3 Å². The highest BCUT2D eigenvalue weighted by Gasteiger charge is 2.28. The molecule has 3 aromatic carbocycles. The molecule has 0 aliphatic carbocycles. The lowest BCUT2D eigenvalue weighted by Gasteiger charge is -2.10. The molecule has 0 bridgehead atoms. The van der Waals surface area contributed by atoms with Crippen molar-refractivity contribution < 1.29 is 22.3 Å². The zero-order valence-electron chi connectivity index (χ0n) is 21.5. The molecule has 0 spiro atoms. The number of aromatic nitrogens is 2. The van der Waals surface area contributed by atoms with Gasteiger partial charge in [0.15, 0.2) is 12.4 Å². The maximum absolute atomic E-state index is 15.3. The zero-order chi connectivity index (χ0) is 27.0. The maximum atomic E-state index is 15.3. The van der Waals surface area contributed by atoms with E-state index in [-0.39, 0.29) is 11.6 Å². The van der Waals surface area contributed by atoms with Gasteiger partial charge in [-0.1, -0.05) is 69.0 Å². The molecule has 1 aromatic heterocycles. The van der Waals surface area contributed by atoms with Gasteiger partial charge in [0.05, 0.1) is 0 Å². The molecule has 3 nitrogen and oxygen atoms in total. The SMILES string of the molecule is CCCCCCCc1cnc(-c2ccc3c(F)c(CCc4ccc(OCC(F)(F)F)cc4)ccc3c2)nc1. The molecule has 0 radical (unpaired) electrons. The van der Waals surface area contributed by atoms with Crippen LogP contribution >= 0.6 is 0 Å². The molecule has 0 aliphatic heterocycles. The van der Waals surface area contributed by atoms with Gasteiger partial charge in [-0.15, -0.1) is 0 Å². The van der Waals surface area contributed by atoms with Gasteiger partial charge >= 0.3 is 6.18 Å². The summed E-state index contributed by atoms with van der Waals surface area (Å²) in [5.74, 6) is 0.507. The highest BCUT2D eigenvalue weighted by atomic mass is 19.4. The quantitative estimate of drug-likeness (QED) is 0.137. The Morgan fingerprint density at radius 2 is 1.50 bits per heavy atom. The van der Waals surface area contributed by atoms with Crippen molar-refractivity contribution in [3.8, 4) is 17.1 Å². The molecule has 0 fully saturated rings. The largest absolute Gasteiger partial charge is 0.484 e. The van der Waals surface area contributed by atoms with E-state index >= 15 is 4.39 Å². The molecule has 0 atom stereocenters. The summed E-state index contributed by atoms with van der Waals surface area (Å²) in [6.07, 6.45) is 7.52. The molecule has 1 heterocycles. The minimum Gasteiger partial charge on any atom is -0.484 e. The zero-order valence-corrected chi connectivity index (χ0v) is 21.5. The monoisotopic (exact) mass is 524 g/mol. The number of nitrogens with zero attached hydrogens (tertiary/aromatic N) is 2. The number of rotatable bonds is 12. The minimum absolute atomic E-state index is 0.153. The molecule has 4 aromatic rings. The van der Waals surface area contributed by atoms with Crippen LogP contribution in [0.15, 0.2) is 67.0 Å². The molecular weight excluding hydrogens is 492 g/mol. The molecule has 0 saturated carbocycles. The molecular formula is C31H32F4N2O. The summed E-state index contributed by atoms with van der Waals surface area (Å²) in [4.78, 5) is 9.07. The Bertz CT molecular complexity index is 1320. The van der Waals surface area contributed by atoms with E-state index in [1.165, 1.54) is 37.8 Å². The van der Waals surface area contributed by atoms with E-state index in [9.17, 15) is 13.2 Å². The van der Waals surface area contributed by atoms with Gasteiger partial charge in [-0.2, -0.15) is 13.2 Å². The number of alkyl halides is 3. The fourth-order valence-electron chi connectivity index (χ4n) is 4.43. The standard InChI is InChI=1S/C31H32F4N2O/c1-2-3-4-5-6-7-23-19-36-30(37-20-23)26-14-17-28-25(18-26)13-12-24(29(28)32)11-8-22-9-15-27(16-10-22)38-21-31(33,34)35/h9-10,12-20H,2-8,11,21H2,1H3. The van der Waals surface area contributed by atoms with Crippen LogP contribution in [0.4, 0.5) is 17.6 Å². The first-order valence-corrected chi connectivity index (χ1v) is 13.1. The predicted octanol–water partition coefficient (Wildman–Crippen LogP) is 8.68. The summed E-state index contributed by atoms with van der Waals surface area (Å²) in [5, 5.41) is 1.31. The highest BCUT2D eigenvalue weighted by molar-refractivity contribution is 5.87. The second-order valence-electron chi connectivity index (χ2n) is 9.60. The summed E-state index contributed by atoms with van der Waals surface area (Å²) >= 11 is 0. The maximum Gasteiger partial charge on any atom is 0.422 e. The summed E-state index contributed by atoms with van der Waals surface area (Å²) in [5.41, 5.74) is 3.44. The van der Waals surface area contributed by atoms with Gasteiger partial charge in [0.25, 0.3) is 0 Å². The smallest absolute Gasteiger partial charge is 0.422 e. The number of benzene rings is 3. The third kappa shape index (κ3) is 7.76. The first kappa shape index (κ1) is 27.6. The van der Waals surface area contributed by atoms with Crippen molar-refractivity contribution in [3.05, 3.63) is 89.5 Å². The Morgan fingerprint density at radius 1 is 0.763 bits per heavy atom. The van der Waals surface area contributed by atoms with Crippen LogP contribution in [0.25, 0.3) is 22.2 Å². The van der Waals surface area contributed by atoms with E-state index in [0.717, 1.165) is 34.9 Å². The Kier molecular flexibility index (Phi) is 9.32. The Morgan fingerprint density at radius 3 is 2.21 bits per heavy atom. The van der Waals surface area contributed by atoms with Gasteiger partial charge in [0, 0.05) is 23.3 Å². The van der Waals surface area contributed by atoms with Crippen LogP contribution in [0.2, 0.25) is 0 Å². The predicted molar refractivity (Wildman–Crippen MR) is 143 cm³/mol. The van der Waals surface area contributed by atoms with Gasteiger partial charge in [0.2, 0.25) is 0 Å². The fourth-order valence-corrected chi connectivity index (χ4v) is 4.43. The van der Waals surface area contributed by atoms with E-state index in [2.05, 4.69) is 16.9 Å². The van der Waals surface area contributed by atoms with E-state index in [1.807, 2.05) is 30.6 Å². The van der Waals surface area contributed by atoms with Gasteiger partial charge in [-0.05, 0) is 66.0 Å². The summed E-state index contributed by atoms with van der Waals surface area (Å²) in [7, 11) is 0. The number of hydrogen-bond donors (Lipinski definition) is 0. The van der Waals surface area contributed by atoms with Gasteiger partial charge in [-0.25, -0.2) is 14.4 Å². The van der Waals surface area contributed by atoms with Crippen LogP contribution in [-0.4, -0.2) is 22.8 Å². The van der Waals surface area contributed by atoms with Crippen LogP contribution in [0.3, 0.4) is 0 Å². The van der Waals surface area contributed by atoms with E-state index < -0.39 is 12.8 Å². The van der Waals surface area contributed by atoms with Crippen molar-refractivity contribution in [2.24, 2.45) is 0 Å². The highest BCUT2D eigenvalue weighted by Crippen LogP contribution is 2.27. The number of fused-ring (bicyclic) bond motifs is 1. The number of halogens is 4. The number of aryl methyl sites for hydroxylation is 3. The van der Waals surface area contributed by atoms with Gasteiger partial charge in [-0.3, -0.25) is 0 Å². The Hall–Kier alpha value is -3.48. The fraction of sp³-hybridized carbons (Fsp3) is 0.355. The van der Waals surface area contributed by atoms with Crippen LogP contribution in [0.1, 0.15) is 55.7 Å². The molecule has 4 rings (SSSR count). The van der Waals surface area contributed by atoms with Crippen LogP contribution in [0, 0.1) is 5.82 Å². The number of hydrogen-bond acceptors (Lipinski definition) is 3. The summed E-state index contributed by atoms with van der Waals surface area (Å²) < 4.78 is 56.9. The van der Waals surface area contributed by atoms with Crippen molar-refractivity contribution in [2.45, 2.75) is 64.5 Å². The van der Waals surface area contributed by atoms with Crippen LogP contribution < -0.4 is 4.74 Å². The molecule has 7 heteroatoms. The van der Waals surface area contributed by atoms with Crippen molar-refractivity contribution in [2.75, 3.05) is 6.61 Å². The van der Waals surface area contributed by atoms with Crippen molar-refractivity contribution in [3.63, 3.8) is 0 Å². The lowest BCUT2D eigenvalue weighted by Crippen LogP contribution is -2.19. The number of ether oxygens (including phenoxy) is 1. The summed E-state index contributed by atoms with van der Waals surface area (Å²) in [6, 6.07) is 15.6. The van der Waals surface area contributed by atoms with Gasteiger partial charge < -0.3 is 4.74 Å². The average Bonchev–Trinajstić information content (AvgIpc) is 2.92. The molecule has 0 amide bonds. The van der Waals surface area contributed by atoms with E-state index in [0.29, 0.717) is 29.6 Å². The minimum atomic E-state index is -4.38. The van der Waals surface area contributed by atoms with Crippen molar-refractivity contribution >= 4 is 10.8 Å². The lowest BCUT2D eigenvalue weighted by molar-refractivity contribution is -0.153.